The third kappa shape index (κ3) is 3.09. The van der Waals surface area contributed by atoms with Crippen LogP contribution in [0.3, 0.4) is 0 Å². The van der Waals surface area contributed by atoms with Crippen molar-refractivity contribution < 1.29 is 19.1 Å². The summed E-state index contributed by atoms with van der Waals surface area (Å²) in [6, 6.07) is 5.07. The zero-order valence-corrected chi connectivity index (χ0v) is 8.87. The van der Waals surface area contributed by atoms with Gasteiger partial charge in [-0.1, -0.05) is 12.1 Å². The van der Waals surface area contributed by atoms with Crippen LogP contribution < -0.4 is 9.47 Å². The van der Waals surface area contributed by atoms with Crippen LogP contribution >= 0.6 is 0 Å². The zero-order chi connectivity index (χ0) is 11.4. The SMILES string of the molecule is CC(=O)Oc1cccc(C)c1OC(C)=O. The van der Waals surface area contributed by atoms with Gasteiger partial charge in [-0.2, -0.15) is 0 Å². The third-order valence-corrected chi connectivity index (χ3v) is 1.68. The third-order valence-electron chi connectivity index (χ3n) is 1.68. The summed E-state index contributed by atoms with van der Waals surface area (Å²) in [4.78, 5) is 21.6. The lowest BCUT2D eigenvalue weighted by atomic mass is 10.2. The van der Waals surface area contributed by atoms with Crippen molar-refractivity contribution in [3.8, 4) is 11.5 Å². The van der Waals surface area contributed by atoms with Crippen molar-refractivity contribution in [1.29, 1.82) is 0 Å². The first-order valence-corrected chi connectivity index (χ1v) is 4.47. The average Bonchev–Trinajstić information content (AvgIpc) is 2.09. The molecule has 0 aliphatic carbocycles. The summed E-state index contributed by atoms with van der Waals surface area (Å²) < 4.78 is 9.87. The Bertz CT molecular complexity index is 396. The Hall–Kier alpha value is -1.84. The van der Waals surface area contributed by atoms with Crippen molar-refractivity contribution in [2.24, 2.45) is 0 Å². The fraction of sp³-hybridized carbons (Fsp3) is 0.273. The molecule has 4 nitrogen and oxygen atoms in total. The molecule has 0 heterocycles. The van der Waals surface area contributed by atoms with Crippen LogP contribution in [0.4, 0.5) is 0 Å². The molecule has 0 atom stereocenters. The normalized spacial score (nSPS) is 9.53. The summed E-state index contributed by atoms with van der Waals surface area (Å²) in [5.74, 6) is -0.343. The van der Waals surface area contributed by atoms with Crippen LogP contribution in [0.2, 0.25) is 0 Å². The van der Waals surface area contributed by atoms with E-state index in [0.29, 0.717) is 5.75 Å². The van der Waals surface area contributed by atoms with Gasteiger partial charge in [-0.15, -0.1) is 0 Å². The predicted octanol–water partition coefficient (Wildman–Crippen LogP) is 1.85. The van der Waals surface area contributed by atoms with E-state index in [1.165, 1.54) is 13.8 Å². The summed E-state index contributed by atoms with van der Waals surface area (Å²) in [5.41, 5.74) is 0.740. The number of esters is 2. The maximum atomic E-state index is 10.8. The van der Waals surface area contributed by atoms with Crippen molar-refractivity contribution in [3.05, 3.63) is 23.8 Å². The number of ether oxygens (including phenoxy) is 2. The Kier molecular flexibility index (Phi) is 3.44. The second-order valence-electron chi connectivity index (χ2n) is 3.09. The first-order valence-electron chi connectivity index (χ1n) is 4.47. The number of hydrogen-bond acceptors (Lipinski definition) is 4. The number of benzene rings is 1. The number of rotatable bonds is 2. The van der Waals surface area contributed by atoms with Crippen molar-refractivity contribution in [2.75, 3.05) is 0 Å². The van der Waals surface area contributed by atoms with Gasteiger partial charge in [0.2, 0.25) is 0 Å². The molecule has 4 heteroatoms. The Morgan fingerprint density at radius 2 is 1.67 bits per heavy atom. The summed E-state index contributed by atoms with van der Waals surface area (Å²) >= 11 is 0. The van der Waals surface area contributed by atoms with E-state index >= 15 is 0 Å². The second kappa shape index (κ2) is 4.59. The molecule has 15 heavy (non-hydrogen) atoms. The molecule has 0 fully saturated rings. The number of carbonyl (C=O) groups excluding carboxylic acids is 2. The van der Waals surface area contributed by atoms with Crippen molar-refractivity contribution in [2.45, 2.75) is 20.8 Å². The van der Waals surface area contributed by atoms with Gasteiger partial charge in [0, 0.05) is 13.8 Å². The topological polar surface area (TPSA) is 52.6 Å². The molecular formula is C11H12O4. The first-order chi connectivity index (χ1) is 7.00. The van der Waals surface area contributed by atoms with Crippen LogP contribution in [-0.2, 0) is 9.59 Å². The highest BCUT2D eigenvalue weighted by Gasteiger charge is 2.11. The molecule has 0 aliphatic heterocycles. The quantitative estimate of drug-likeness (QED) is 0.549. The second-order valence-corrected chi connectivity index (χ2v) is 3.09. The Morgan fingerprint density at radius 1 is 1.07 bits per heavy atom. The Labute approximate surface area is 87.8 Å². The molecule has 0 N–H and O–H groups in total. The van der Waals surface area contributed by atoms with Gasteiger partial charge in [0.1, 0.15) is 0 Å². The van der Waals surface area contributed by atoms with Crippen molar-refractivity contribution in [3.63, 3.8) is 0 Å². The Morgan fingerprint density at radius 3 is 2.20 bits per heavy atom. The van der Waals surface area contributed by atoms with E-state index in [4.69, 9.17) is 9.47 Å². The van der Waals surface area contributed by atoms with Crippen LogP contribution in [0.15, 0.2) is 18.2 Å². The minimum absolute atomic E-state index is 0.262. The van der Waals surface area contributed by atoms with Crippen molar-refractivity contribution >= 4 is 11.9 Å². The summed E-state index contributed by atoms with van der Waals surface area (Å²) in [7, 11) is 0. The summed E-state index contributed by atoms with van der Waals surface area (Å²) in [5, 5.41) is 0. The molecular weight excluding hydrogens is 196 g/mol. The first kappa shape index (κ1) is 11.2. The molecule has 0 unspecified atom stereocenters. The van der Waals surface area contributed by atoms with E-state index in [9.17, 15) is 9.59 Å². The molecule has 0 saturated carbocycles. The lowest BCUT2D eigenvalue weighted by Gasteiger charge is -2.10. The van der Waals surface area contributed by atoms with E-state index in [1.807, 2.05) is 0 Å². The highest BCUT2D eigenvalue weighted by molar-refractivity contribution is 5.74. The maximum absolute atomic E-state index is 10.8. The number of carbonyl (C=O) groups is 2. The molecule has 0 spiro atoms. The molecule has 0 amide bonds. The molecule has 1 rings (SSSR count). The van der Waals surface area contributed by atoms with Gasteiger partial charge < -0.3 is 9.47 Å². The van der Waals surface area contributed by atoms with E-state index in [-0.39, 0.29) is 5.75 Å². The average molecular weight is 208 g/mol. The van der Waals surface area contributed by atoms with Gasteiger partial charge in [-0.3, -0.25) is 9.59 Å². The zero-order valence-electron chi connectivity index (χ0n) is 8.87. The molecule has 1 aromatic rings. The maximum Gasteiger partial charge on any atom is 0.308 e. The van der Waals surface area contributed by atoms with E-state index in [0.717, 1.165) is 5.56 Å². The molecule has 0 aromatic heterocycles. The summed E-state index contributed by atoms with van der Waals surface area (Å²) in [6.07, 6.45) is 0. The largest absolute Gasteiger partial charge is 0.423 e. The highest BCUT2D eigenvalue weighted by Crippen LogP contribution is 2.30. The number of aryl methyl sites for hydroxylation is 1. The van der Waals surface area contributed by atoms with Crippen LogP contribution in [0.25, 0.3) is 0 Å². The fourth-order valence-electron chi connectivity index (χ4n) is 1.14. The van der Waals surface area contributed by atoms with Crippen LogP contribution in [0.5, 0.6) is 11.5 Å². The van der Waals surface area contributed by atoms with Crippen LogP contribution in [0, 0.1) is 6.92 Å². The lowest BCUT2D eigenvalue weighted by Crippen LogP contribution is -2.08. The fourth-order valence-corrected chi connectivity index (χ4v) is 1.14. The number of hydrogen-bond donors (Lipinski definition) is 0. The minimum Gasteiger partial charge on any atom is -0.423 e. The van der Waals surface area contributed by atoms with Crippen LogP contribution in [0.1, 0.15) is 19.4 Å². The van der Waals surface area contributed by atoms with Gasteiger partial charge >= 0.3 is 11.9 Å². The van der Waals surface area contributed by atoms with E-state index < -0.39 is 11.9 Å². The molecule has 80 valence electrons. The molecule has 1 aromatic carbocycles. The Balaban J connectivity index is 3.08. The van der Waals surface area contributed by atoms with Gasteiger partial charge in [-0.05, 0) is 18.6 Å². The molecule has 0 bridgehead atoms. The summed E-state index contributed by atoms with van der Waals surface area (Å²) in [6.45, 7) is 4.36. The van der Waals surface area contributed by atoms with E-state index in [1.54, 1.807) is 25.1 Å². The number of para-hydroxylation sites is 1. The minimum atomic E-state index is -0.450. The standard InChI is InChI=1S/C11H12O4/c1-7-5-4-6-10(14-8(2)12)11(7)15-9(3)13/h4-6H,1-3H3. The lowest BCUT2D eigenvalue weighted by molar-refractivity contribution is -0.134. The predicted molar refractivity (Wildman–Crippen MR) is 53.8 cm³/mol. The smallest absolute Gasteiger partial charge is 0.308 e. The van der Waals surface area contributed by atoms with Gasteiger partial charge in [0.15, 0.2) is 11.5 Å². The monoisotopic (exact) mass is 208 g/mol. The molecule has 0 saturated heterocycles. The highest BCUT2D eigenvalue weighted by atomic mass is 16.6. The van der Waals surface area contributed by atoms with Gasteiger partial charge in [-0.25, -0.2) is 0 Å². The van der Waals surface area contributed by atoms with Crippen LogP contribution in [-0.4, -0.2) is 11.9 Å². The molecule has 0 radical (unpaired) electrons. The van der Waals surface area contributed by atoms with Crippen molar-refractivity contribution in [1.82, 2.24) is 0 Å². The van der Waals surface area contributed by atoms with E-state index in [2.05, 4.69) is 0 Å². The molecule has 0 aliphatic rings. The van der Waals surface area contributed by atoms with Gasteiger partial charge in [0.25, 0.3) is 0 Å². The van der Waals surface area contributed by atoms with Gasteiger partial charge in [0.05, 0.1) is 0 Å².